The molecule has 1 saturated carbocycles. The summed E-state index contributed by atoms with van der Waals surface area (Å²) in [7, 11) is 0. The van der Waals surface area contributed by atoms with Crippen molar-refractivity contribution in [3.8, 4) is 0 Å². The fraction of sp³-hybridized carbons (Fsp3) is 0.500. The fourth-order valence-electron chi connectivity index (χ4n) is 6.48. The molecular formula is C30H38N2O2. The van der Waals surface area contributed by atoms with E-state index < -0.39 is 5.60 Å². The van der Waals surface area contributed by atoms with Gasteiger partial charge in [-0.05, 0) is 69.2 Å². The van der Waals surface area contributed by atoms with Crippen LogP contribution in [-0.4, -0.2) is 42.3 Å². The van der Waals surface area contributed by atoms with Crippen molar-refractivity contribution in [2.24, 2.45) is 5.92 Å². The summed E-state index contributed by atoms with van der Waals surface area (Å²) in [5.74, 6) is 0.577. The van der Waals surface area contributed by atoms with Crippen molar-refractivity contribution in [2.45, 2.75) is 69.4 Å². The summed E-state index contributed by atoms with van der Waals surface area (Å²) >= 11 is 0. The van der Waals surface area contributed by atoms with Gasteiger partial charge in [-0.15, -0.1) is 0 Å². The average molecular weight is 459 g/mol. The lowest BCUT2D eigenvalue weighted by Gasteiger charge is -2.56. The lowest BCUT2D eigenvalue weighted by Crippen LogP contribution is -2.61. The Bertz CT molecular complexity index is 1060. The molecule has 2 fully saturated rings. The third-order valence-corrected chi connectivity index (χ3v) is 8.35. The van der Waals surface area contributed by atoms with E-state index in [-0.39, 0.29) is 16.9 Å². The molecule has 1 saturated heterocycles. The Morgan fingerprint density at radius 2 is 1.79 bits per heavy atom. The number of nitrogens with zero attached hydrogens (tertiary/aromatic N) is 1. The zero-order valence-electron chi connectivity index (χ0n) is 21.0. The molecule has 4 nitrogen and oxygen atoms in total. The highest BCUT2D eigenvalue weighted by Gasteiger charge is 2.51. The van der Waals surface area contributed by atoms with Gasteiger partial charge in [0.15, 0.2) is 0 Å². The smallest absolute Gasteiger partial charge is 0.407 e. The fourth-order valence-corrected chi connectivity index (χ4v) is 6.48. The number of likely N-dealkylation sites (tertiary alicyclic amines) is 1. The van der Waals surface area contributed by atoms with Crippen molar-refractivity contribution >= 4 is 12.2 Å². The molecule has 2 atom stereocenters. The van der Waals surface area contributed by atoms with Crippen LogP contribution in [0, 0.1) is 5.92 Å². The Labute approximate surface area is 204 Å². The number of carbonyl (C=O) groups excluding carboxylic acids is 1. The standard InChI is InChI=1S/C30H38N2O2/c1-22-20-32(17-16-30(22)15-14-23-10-8-9-13-26(23)30)25-18-29(19-25,24-11-6-5-7-12-24)21-31-27(33)34-28(2,3)4/h5-15,22,25H,16-21H2,1-4H3,(H,31,33)/t22-,25?,29?,30-/m0/s1. The molecule has 1 amide bonds. The number of rotatable bonds is 4. The van der Waals surface area contributed by atoms with Crippen molar-refractivity contribution in [1.29, 1.82) is 0 Å². The van der Waals surface area contributed by atoms with E-state index in [1.165, 1.54) is 23.1 Å². The molecule has 0 bridgehead atoms. The quantitative estimate of drug-likeness (QED) is 0.618. The van der Waals surface area contributed by atoms with Gasteiger partial charge < -0.3 is 10.1 Å². The molecule has 0 radical (unpaired) electrons. The third kappa shape index (κ3) is 4.17. The SMILES string of the molecule is C[C@H]1CN(C2CC(CNC(=O)OC(C)(C)C)(c3ccccc3)C2)CC[C@@]12C=Cc1ccccc12. The van der Waals surface area contributed by atoms with E-state index in [2.05, 4.69) is 83.9 Å². The molecule has 0 unspecified atom stereocenters. The molecule has 3 aliphatic rings. The molecule has 2 aliphatic carbocycles. The number of ether oxygens (including phenoxy) is 1. The van der Waals surface area contributed by atoms with E-state index in [0.717, 1.165) is 25.9 Å². The van der Waals surface area contributed by atoms with E-state index in [1.54, 1.807) is 0 Å². The van der Waals surface area contributed by atoms with Crippen LogP contribution >= 0.6 is 0 Å². The van der Waals surface area contributed by atoms with Crippen molar-refractivity contribution < 1.29 is 9.53 Å². The van der Waals surface area contributed by atoms with Gasteiger partial charge in [0, 0.05) is 30.0 Å². The maximum atomic E-state index is 12.4. The Kier molecular flexibility index (Phi) is 5.84. The zero-order chi connectivity index (χ0) is 24.0. The zero-order valence-corrected chi connectivity index (χ0v) is 21.0. The maximum absolute atomic E-state index is 12.4. The van der Waals surface area contributed by atoms with Gasteiger partial charge in [-0.25, -0.2) is 4.79 Å². The average Bonchev–Trinajstić information content (AvgIpc) is 3.14. The first-order chi connectivity index (χ1) is 16.2. The van der Waals surface area contributed by atoms with Crippen LogP contribution in [0.25, 0.3) is 6.08 Å². The number of benzene rings is 2. The van der Waals surface area contributed by atoms with Gasteiger partial charge in [-0.1, -0.05) is 73.7 Å². The Hall–Kier alpha value is -2.59. The van der Waals surface area contributed by atoms with Crippen LogP contribution in [0.2, 0.25) is 0 Å². The molecule has 1 N–H and O–H groups in total. The van der Waals surface area contributed by atoms with Gasteiger partial charge in [0.1, 0.15) is 5.60 Å². The van der Waals surface area contributed by atoms with Crippen LogP contribution in [-0.2, 0) is 15.6 Å². The summed E-state index contributed by atoms with van der Waals surface area (Å²) in [5, 5.41) is 3.07. The number of allylic oxidation sites excluding steroid dienone is 1. The number of amides is 1. The number of hydrogen-bond donors (Lipinski definition) is 1. The highest BCUT2D eigenvalue weighted by atomic mass is 16.6. The van der Waals surface area contributed by atoms with E-state index in [1.807, 2.05) is 20.8 Å². The molecule has 1 spiro atoms. The van der Waals surface area contributed by atoms with Crippen molar-refractivity contribution in [3.63, 3.8) is 0 Å². The summed E-state index contributed by atoms with van der Waals surface area (Å²) < 4.78 is 5.51. The lowest BCUT2D eigenvalue weighted by molar-refractivity contribution is 0.00580. The van der Waals surface area contributed by atoms with Crippen molar-refractivity contribution in [1.82, 2.24) is 10.2 Å². The summed E-state index contributed by atoms with van der Waals surface area (Å²) in [6, 6.07) is 20.2. The number of piperidine rings is 1. The molecule has 5 rings (SSSR count). The third-order valence-electron chi connectivity index (χ3n) is 8.35. The van der Waals surface area contributed by atoms with Gasteiger partial charge in [0.2, 0.25) is 0 Å². The topological polar surface area (TPSA) is 41.6 Å². The molecule has 1 aliphatic heterocycles. The minimum Gasteiger partial charge on any atom is -0.444 e. The molecule has 4 heteroatoms. The summed E-state index contributed by atoms with van der Waals surface area (Å²) in [6.45, 7) is 11.0. The van der Waals surface area contributed by atoms with Crippen molar-refractivity contribution in [2.75, 3.05) is 19.6 Å². The van der Waals surface area contributed by atoms with E-state index in [0.29, 0.717) is 18.5 Å². The van der Waals surface area contributed by atoms with Crippen molar-refractivity contribution in [3.05, 3.63) is 77.4 Å². The Balaban J connectivity index is 1.26. The first-order valence-corrected chi connectivity index (χ1v) is 12.8. The molecule has 0 aromatic heterocycles. The van der Waals surface area contributed by atoms with E-state index in [4.69, 9.17) is 4.74 Å². The Morgan fingerprint density at radius 1 is 1.09 bits per heavy atom. The predicted octanol–water partition coefficient (Wildman–Crippen LogP) is 5.92. The molecular weight excluding hydrogens is 420 g/mol. The number of hydrogen-bond acceptors (Lipinski definition) is 3. The molecule has 34 heavy (non-hydrogen) atoms. The number of nitrogens with one attached hydrogen (secondary N) is 1. The Morgan fingerprint density at radius 3 is 2.50 bits per heavy atom. The second-order valence-corrected chi connectivity index (χ2v) is 11.7. The first kappa shape index (κ1) is 23.2. The highest BCUT2D eigenvalue weighted by molar-refractivity contribution is 5.68. The van der Waals surface area contributed by atoms with Gasteiger partial charge in [0.25, 0.3) is 0 Å². The van der Waals surface area contributed by atoms with Gasteiger partial charge in [-0.2, -0.15) is 0 Å². The van der Waals surface area contributed by atoms with Crippen LogP contribution < -0.4 is 5.32 Å². The summed E-state index contributed by atoms with van der Waals surface area (Å²) in [5.41, 5.74) is 3.89. The van der Waals surface area contributed by atoms with Gasteiger partial charge >= 0.3 is 6.09 Å². The number of carbonyl (C=O) groups is 1. The lowest BCUT2D eigenvalue weighted by atomic mass is 9.60. The second-order valence-electron chi connectivity index (χ2n) is 11.7. The van der Waals surface area contributed by atoms with Crippen LogP contribution in [0.1, 0.15) is 63.6 Å². The van der Waals surface area contributed by atoms with Crippen LogP contribution in [0.4, 0.5) is 4.79 Å². The minimum absolute atomic E-state index is 0.0267. The molecule has 180 valence electrons. The number of alkyl carbamates (subject to hydrolysis) is 1. The molecule has 2 aromatic carbocycles. The number of fused-ring (bicyclic) bond motifs is 2. The highest BCUT2D eigenvalue weighted by Crippen LogP contribution is 2.51. The summed E-state index contributed by atoms with van der Waals surface area (Å²) in [4.78, 5) is 15.1. The van der Waals surface area contributed by atoms with E-state index in [9.17, 15) is 4.79 Å². The maximum Gasteiger partial charge on any atom is 0.407 e. The minimum atomic E-state index is -0.487. The van der Waals surface area contributed by atoms with Gasteiger partial charge in [-0.3, -0.25) is 4.90 Å². The molecule has 2 aromatic rings. The van der Waals surface area contributed by atoms with Gasteiger partial charge in [0.05, 0.1) is 0 Å². The summed E-state index contributed by atoms with van der Waals surface area (Å²) in [6.07, 6.45) is 7.78. The predicted molar refractivity (Wildman–Crippen MR) is 138 cm³/mol. The van der Waals surface area contributed by atoms with E-state index >= 15 is 0 Å². The first-order valence-electron chi connectivity index (χ1n) is 12.8. The van der Waals surface area contributed by atoms with Crippen LogP contribution in [0.5, 0.6) is 0 Å². The normalized spacial score (nSPS) is 30.6. The largest absolute Gasteiger partial charge is 0.444 e. The van der Waals surface area contributed by atoms with Crippen LogP contribution in [0.15, 0.2) is 60.7 Å². The molecule has 1 heterocycles. The van der Waals surface area contributed by atoms with Crippen LogP contribution in [0.3, 0.4) is 0 Å². The monoisotopic (exact) mass is 458 g/mol. The second kappa shape index (κ2) is 8.57.